The van der Waals surface area contributed by atoms with Gasteiger partial charge >= 0.3 is 0 Å². The van der Waals surface area contributed by atoms with E-state index < -0.39 is 13.0 Å². The standard InChI is InChI=1S/C11H16ClF2N3O/c1-2-5-18-11-7-15-6-10(16-11)17(4-3-12)8-9(13)14/h6-7,9H,2-5,8H2,1H3. The van der Waals surface area contributed by atoms with Crippen LogP contribution in [0.2, 0.25) is 0 Å². The van der Waals surface area contributed by atoms with Crippen LogP contribution >= 0.6 is 11.6 Å². The van der Waals surface area contributed by atoms with Crippen LogP contribution in [0.15, 0.2) is 12.4 Å². The van der Waals surface area contributed by atoms with Gasteiger partial charge in [0.2, 0.25) is 5.88 Å². The third-order valence-electron chi connectivity index (χ3n) is 2.09. The number of nitrogens with zero attached hydrogens (tertiary/aromatic N) is 3. The Morgan fingerprint density at radius 3 is 2.83 bits per heavy atom. The first-order valence-corrected chi connectivity index (χ1v) is 6.24. The Kier molecular flexibility index (Phi) is 6.64. The van der Waals surface area contributed by atoms with Gasteiger partial charge in [0.05, 0.1) is 25.5 Å². The molecule has 1 heterocycles. The number of ether oxygens (including phenoxy) is 1. The Hall–Kier alpha value is -1.17. The monoisotopic (exact) mass is 279 g/mol. The fraction of sp³-hybridized carbons (Fsp3) is 0.636. The second-order valence-electron chi connectivity index (χ2n) is 3.59. The molecule has 0 saturated carbocycles. The average molecular weight is 280 g/mol. The number of rotatable bonds is 8. The highest BCUT2D eigenvalue weighted by molar-refractivity contribution is 6.18. The summed E-state index contributed by atoms with van der Waals surface area (Å²) in [5.74, 6) is 0.932. The van der Waals surface area contributed by atoms with Crippen LogP contribution < -0.4 is 9.64 Å². The molecule has 0 aliphatic rings. The van der Waals surface area contributed by atoms with E-state index in [2.05, 4.69) is 9.97 Å². The zero-order valence-electron chi connectivity index (χ0n) is 10.2. The molecule has 0 saturated heterocycles. The number of halogens is 3. The van der Waals surface area contributed by atoms with Crippen molar-refractivity contribution in [2.75, 3.05) is 30.5 Å². The summed E-state index contributed by atoms with van der Waals surface area (Å²) in [4.78, 5) is 9.45. The Balaban J connectivity index is 2.76. The number of anilines is 1. The van der Waals surface area contributed by atoms with Crippen LogP contribution in [0.3, 0.4) is 0 Å². The predicted octanol–water partition coefficient (Wildman–Crippen LogP) is 2.58. The van der Waals surface area contributed by atoms with Gasteiger partial charge in [-0.15, -0.1) is 11.6 Å². The summed E-state index contributed by atoms with van der Waals surface area (Å²) < 4.78 is 30.2. The molecule has 0 atom stereocenters. The number of hydrogen-bond donors (Lipinski definition) is 0. The van der Waals surface area contributed by atoms with E-state index >= 15 is 0 Å². The third-order valence-corrected chi connectivity index (χ3v) is 2.26. The molecule has 0 aliphatic carbocycles. The minimum Gasteiger partial charge on any atom is -0.477 e. The lowest BCUT2D eigenvalue weighted by molar-refractivity contribution is 0.155. The zero-order valence-corrected chi connectivity index (χ0v) is 10.9. The SMILES string of the molecule is CCCOc1cncc(N(CCCl)CC(F)F)n1. The summed E-state index contributed by atoms with van der Waals surface area (Å²) in [6, 6.07) is 0. The van der Waals surface area contributed by atoms with E-state index in [-0.39, 0.29) is 12.4 Å². The van der Waals surface area contributed by atoms with Crippen molar-refractivity contribution in [1.29, 1.82) is 0 Å². The fourth-order valence-corrected chi connectivity index (χ4v) is 1.54. The molecule has 0 N–H and O–H groups in total. The van der Waals surface area contributed by atoms with Crippen molar-refractivity contribution >= 4 is 17.4 Å². The largest absolute Gasteiger partial charge is 0.477 e. The lowest BCUT2D eigenvalue weighted by Gasteiger charge is -2.22. The average Bonchev–Trinajstić information content (AvgIpc) is 2.36. The molecule has 0 aliphatic heterocycles. The van der Waals surface area contributed by atoms with Gasteiger partial charge in [-0.2, -0.15) is 4.98 Å². The van der Waals surface area contributed by atoms with Crippen LogP contribution in [0, 0.1) is 0 Å². The first kappa shape index (κ1) is 14.9. The third kappa shape index (κ3) is 5.00. The lowest BCUT2D eigenvalue weighted by atomic mass is 10.4. The number of aromatic nitrogens is 2. The van der Waals surface area contributed by atoms with Crippen LogP contribution in [-0.4, -0.2) is 42.0 Å². The molecule has 18 heavy (non-hydrogen) atoms. The molecule has 0 amide bonds. The summed E-state index contributed by atoms with van der Waals surface area (Å²) >= 11 is 5.59. The Morgan fingerprint density at radius 2 is 2.22 bits per heavy atom. The van der Waals surface area contributed by atoms with Crippen molar-refractivity contribution in [3.05, 3.63) is 12.4 Å². The molecule has 1 rings (SSSR count). The first-order valence-electron chi connectivity index (χ1n) is 5.71. The van der Waals surface area contributed by atoms with Crippen molar-refractivity contribution in [1.82, 2.24) is 9.97 Å². The maximum absolute atomic E-state index is 12.4. The molecule has 0 unspecified atom stereocenters. The molecule has 1 aromatic rings. The quantitative estimate of drug-likeness (QED) is 0.686. The van der Waals surface area contributed by atoms with E-state index in [1.54, 1.807) is 0 Å². The van der Waals surface area contributed by atoms with Gasteiger partial charge in [-0.25, -0.2) is 8.78 Å². The fourth-order valence-electron chi connectivity index (χ4n) is 1.33. The maximum atomic E-state index is 12.4. The molecular weight excluding hydrogens is 264 g/mol. The summed E-state index contributed by atoms with van der Waals surface area (Å²) in [6.07, 6.45) is 1.28. The Labute approximate surface area is 110 Å². The van der Waals surface area contributed by atoms with E-state index in [9.17, 15) is 8.78 Å². The molecule has 102 valence electrons. The van der Waals surface area contributed by atoms with E-state index in [0.29, 0.717) is 18.3 Å². The molecule has 0 radical (unpaired) electrons. The normalized spacial score (nSPS) is 10.7. The highest BCUT2D eigenvalue weighted by Crippen LogP contribution is 2.15. The van der Waals surface area contributed by atoms with Gasteiger partial charge in [0.15, 0.2) is 5.82 Å². The van der Waals surface area contributed by atoms with Crippen LogP contribution in [0.25, 0.3) is 0 Å². The van der Waals surface area contributed by atoms with Crippen LogP contribution in [0.5, 0.6) is 5.88 Å². The summed E-state index contributed by atoms with van der Waals surface area (Å²) in [6.45, 7) is 2.35. The number of hydrogen-bond acceptors (Lipinski definition) is 4. The first-order chi connectivity index (χ1) is 8.67. The van der Waals surface area contributed by atoms with Crippen molar-refractivity contribution in [2.24, 2.45) is 0 Å². The van der Waals surface area contributed by atoms with Gasteiger partial charge in [-0.3, -0.25) is 4.98 Å². The van der Waals surface area contributed by atoms with Crippen LogP contribution in [-0.2, 0) is 0 Å². The van der Waals surface area contributed by atoms with Crippen LogP contribution in [0.4, 0.5) is 14.6 Å². The summed E-state index contributed by atoms with van der Waals surface area (Å²) in [5.41, 5.74) is 0. The van der Waals surface area contributed by atoms with E-state index in [4.69, 9.17) is 16.3 Å². The molecule has 0 spiro atoms. The molecule has 0 fully saturated rings. The van der Waals surface area contributed by atoms with Gasteiger partial charge < -0.3 is 9.64 Å². The molecular formula is C11H16ClF2N3O. The van der Waals surface area contributed by atoms with Crippen molar-refractivity contribution in [3.8, 4) is 5.88 Å². The Bertz CT molecular complexity index is 355. The molecule has 0 bridgehead atoms. The molecule has 1 aromatic heterocycles. The van der Waals surface area contributed by atoms with Gasteiger partial charge in [0, 0.05) is 12.4 Å². The molecule has 0 aromatic carbocycles. The topological polar surface area (TPSA) is 38.2 Å². The van der Waals surface area contributed by atoms with Gasteiger partial charge in [0.1, 0.15) is 0 Å². The van der Waals surface area contributed by atoms with E-state index in [1.807, 2.05) is 6.92 Å². The van der Waals surface area contributed by atoms with Gasteiger partial charge in [-0.05, 0) is 6.42 Å². The van der Waals surface area contributed by atoms with Crippen molar-refractivity contribution in [2.45, 2.75) is 19.8 Å². The van der Waals surface area contributed by atoms with E-state index in [0.717, 1.165) is 6.42 Å². The lowest BCUT2D eigenvalue weighted by Crippen LogP contribution is -2.31. The zero-order chi connectivity index (χ0) is 13.4. The highest BCUT2D eigenvalue weighted by Gasteiger charge is 2.14. The minimum atomic E-state index is -2.45. The second kappa shape index (κ2) is 8.02. The smallest absolute Gasteiger partial charge is 0.255 e. The van der Waals surface area contributed by atoms with Crippen molar-refractivity contribution < 1.29 is 13.5 Å². The summed E-state index contributed by atoms with van der Waals surface area (Å²) in [5, 5.41) is 0. The number of alkyl halides is 3. The molecule has 4 nitrogen and oxygen atoms in total. The van der Waals surface area contributed by atoms with Crippen LogP contribution in [0.1, 0.15) is 13.3 Å². The highest BCUT2D eigenvalue weighted by atomic mass is 35.5. The predicted molar refractivity (Wildman–Crippen MR) is 66.8 cm³/mol. The second-order valence-corrected chi connectivity index (χ2v) is 3.97. The summed E-state index contributed by atoms with van der Waals surface area (Å²) in [7, 11) is 0. The minimum absolute atomic E-state index is 0.244. The maximum Gasteiger partial charge on any atom is 0.255 e. The van der Waals surface area contributed by atoms with E-state index in [1.165, 1.54) is 17.3 Å². The Morgan fingerprint density at radius 1 is 1.44 bits per heavy atom. The van der Waals surface area contributed by atoms with Crippen molar-refractivity contribution in [3.63, 3.8) is 0 Å². The molecule has 7 heteroatoms. The van der Waals surface area contributed by atoms with Gasteiger partial charge in [-0.1, -0.05) is 6.92 Å². The van der Waals surface area contributed by atoms with Gasteiger partial charge in [0.25, 0.3) is 6.43 Å².